The Kier molecular flexibility index (Phi) is 7.35. The van der Waals surface area contributed by atoms with E-state index in [2.05, 4.69) is 26.1 Å². The van der Waals surface area contributed by atoms with Gasteiger partial charge >= 0.3 is 6.09 Å². The van der Waals surface area contributed by atoms with Crippen molar-refractivity contribution in [1.29, 1.82) is 0 Å². The fourth-order valence-electron chi connectivity index (χ4n) is 2.82. The summed E-state index contributed by atoms with van der Waals surface area (Å²) in [6.45, 7) is 9.76. The Morgan fingerprint density at radius 3 is 2.34 bits per heavy atom. The number of ether oxygens (including phenoxy) is 1. The summed E-state index contributed by atoms with van der Waals surface area (Å²) >= 11 is 0. The molecule has 1 amide bonds. The molecule has 2 aromatic heterocycles. The lowest BCUT2D eigenvalue weighted by Gasteiger charge is -2.23. The van der Waals surface area contributed by atoms with Gasteiger partial charge in [-0.2, -0.15) is 5.10 Å². The molecular weight excluding hydrogens is 378 g/mol. The Labute approximate surface area is 169 Å². The van der Waals surface area contributed by atoms with Crippen LogP contribution in [0.3, 0.4) is 0 Å². The average Bonchev–Trinajstić information content (AvgIpc) is 2.93. The number of nitrogens with one attached hydrogen (secondary N) is 2. The molecule has 2 rings (SSSR count). The van der Waals surface area contributed by atoms with Crippen LogP contribution in [-0.2, 0) is 4.74 Å². The van der Waals surface area contributed by atoms with Gasteiger partial charge in [0, 0.05) is 13.1 Å². The molecule has 2 aromatic rings. The van der Waals surface area contributed by atoms with E-state index >= 15 is 0 Å². The summed E-state index contributed by atoms with van der Waals surface area (Å²) in [7, 11) is 0. The van der Waals surface area contributed by atoms with Crippen molar-refractivity contribution < 1.29 is 19.7 Å². The van der Waals surface area contributed by atoms with E-state index in [1.807, 2.05) is 18.7 Å². The van der Waals surface area contributed by atoms with Gasteiger partial charge in [0.15, 0.2) is 11.6 Å². The number of carbonyl (C=O) groups excluding carboxylic acids is 1. The third-order valence-corrected chi connectivity index (χ3v) is 3.87. The monoisotopic (exact) mass is 407 g/mol. The zero-order valence-corrected chi connectivity index (χ0v) is 17.4. The number of rotatable bonds is 8. The average molecular weight is 407 g/mol. The topological polar surface area (TPSA) is 138 Å². The second kappa shape index (κ2) is 9.52. The van der Waals surface area contributed by atoms with Crippen molar-refractivity contribution in [1.82, 2.24) is 25.4 Å². The van der Waals surface area contributed by atoms with Crippen molar-refractivity contribution >= 4 is 17.6 Å². The molecule has 0 aliphatic heterocycles. The molecule has 29 heavy (non-hydrogen) atoms. The summed E-state index contributed by atoms with van der Waals surface area (Å²) in [4.78, 5) is 13.6. The van der Waals surface area contributed by atoms with Crippen LogP contribution in [-0.4, -0.2) is 68.2 Å². The first-order chi connectivity index (χ1) is 13.7. The van der Waals surface area contributed by atoms with Crippen molar-refractivity contribution in [3.8, 4) is 5.82 Å². The minimum Gasteiger partial charge on any atom is -0.443 e. The number of hydrogen-bond acceptors (Lipinski definition) is 9. The number of amides is 1. The molecule has 0 unspecified atom stereocenters. The maximum absolute atomic E-state index is 11.7. The maximum Gasteiger partial charge on any atom is 0.426 e. The Balaban J connectivity index is 2.14. The number of aryl methyl sites for hydroxylation is 1. The van der Waals surface area contributed by atoms with Crippen molar-refractivity contribution in [3.05, 3.63) is 23.5 Å². The van der Waals surface area contributed by atoms with Crippen molar-refractivity contribution in [2.45, 2.75) is 40.2 Å². The highest BCUT2D eigenvalue weighted by molar-refractivity contribution is 5.69. The first-order valence-electron chi connectivity index (χ1n) is 9.28. The Hall–Kier alpha value is -2.92. The Morgan fingerprint density at radius 2 is 1.83 bits per heavy atom. The predicted octanol–water partition coefficient (Wildman–Crippen LogP) is 0.922. The zero-order valence-electron chi connectivity index (χ0n) is 17.4. The molecule has 0 aromatic carbocycles. The summed E-state index contributed by atoms with van der Waals surface area (Å²) in [6.07, 6.45) is -0.626. The van der Waals surface area contributed by atoms with Crippen LogP contribution >= 0.6 is 0 Å². The van der Waals surface area contributed by atoms with Gasteiger partial charge in [-0.3, -0.25) is 5.43 Å². The summed E-state index contributed by atoms with van der Waals surface area (Å²) < 4.78 is 6.77. The number of aliphatic hydroxyl groups is 2. The maximum atomic E-state index is 11.7. The minimum atomic E-state index is -0.626. The number of hydrogen-bond donors (Lipinski definition) is 4. The van der Waals surface area contributed by atoms with Crippen LogP contribution in [0.2, 0.25) is 0 Å². The third-order valence-electron chi connectivity index (χ3n) is 3.87. The molecule has 0 saturated heterocycles. The van der Waals surface area contributed by atoms with E-state index in [-0.39, 0.29) is 13.2 Å². The van der Waals surface area contributed by atoms with Gasteiger partial charge in [-0.05, 0) is 46.8 Å². The van der Waals surface area contributed by atoms with Gasteiger partial charge in [-0.1, -0.05) is 0 Å². The van der Waals surface area contributed by atoms with Crippen LogP contribution in [0.5, 0.6) is 0 Å². The van der Waals surface area contributed by atoms with Gasteiger partial charge in [-0.25, -0.2) is 14.9 Å². The second-order valence-corrected chi connectivity index (χ2v) is 7.39. The van der Waals surface area contributed by atoms with Crippen LogP contribution < -0.4 is 15.8 Å². The smallest absolute Gasteiger partial charge is 0.426 e. The SMILES string of the molecule is Cc1nn(-c2ccc(NNC(=O)OC(C)(C)C)nn2)c(C)c1N(CCO)CCO. The first-order valence-corrected chi connectivity index (χ1v) is 9.28. The van der Waals surface area contributed by atoms with Crippen molar-refractivity contribution in [2.24, 2.45) is 0 Å². The van der Waals surface area contributed by atoms with E-state index in [9.17, 15) is 15.0 Å². The molecule has 0 fully saturated rings. The predicted molar refractivity (Wildman–Crippen MR) is 108 cm³/mol. The molecule has 0 aliphatic carbocycles. The summed E-state index contributed by atoms with van der Waals surface area (Å²) in [6, 6.07) is 3.35. The van der Waals surface area contributed by atoms with Crippen LogP contribution in [0.25, 0.3) is 5.82 Å². The number of nitrogens with zero attached hydrogens (tertiary/aromatic N) is 5. The van der Waals surface area contributed by atoms with Gasteiger partial charge in [0.05, 0.1) is 30.3 Å². The largest absolute Gasteiger partial charge is 0.443 e. The fraction of sp³-hybridized carbons (Fsp3) is 0.556. The molecule has 2 heterocycles. The van der Waals surface area contributed by atoms with E-state index < -0.39 is 11.7 Å². The van der Waals surface area contributed by atoms with Gasteiger partial charge in [0.1, 0.15) is 5.60 Å². The number of carbonyl (C=O) groups is 1. The number of anilines is 2. The lowest BCUT2D eigenvalue weighted by molar-refractivity contribution is 0.0540. The molecule has 0 saturated carbocycles. The van der Waals surface area contributed by atoms with E-state index in [1.54, 1.807) is 37.6 Å². The fourth-order valence-corrected chi connectivity index (χ4v) is 2.82. The lowest BCUT2D eigenvalue weighted by Crippen LogP contribution is -2.36. The molecule has 11 heteroatoms. The summed E-state index contributed by atoms with van der Waals surface area (Å²) in [5, 5.41) is 31.3. The quantitative estimate of drug-likeness (QED) is 0.471. The van der Waals surface area contributed by atoms with Gasteiger partial charge < -0.3 is 19.8 Å². The Bertz CT molecular complexity index is 809. The number of aromatic nitrogens is 4. The molecular formula is C18H29N7O4. The van der Waals surface area contributed by atoms with Gasteiger partial charge in [0.2, 0.25) is 0 Å². The second-order valence-electron chi connectivity index (χ2n) is 7.39. The van der Waals surface area contributed by atoms with Crippen LogP contribution in [0.15, 0.2) is 12.1 Å². The third kappa shape index (κ3) is 6.03. The normalized spacial score (nSPS) is 11.3. The van der Waals surface area contributed by atoms with E-state index in [4.69, 9.17) is 4.74 Å². The van der Waals surface area contributed by atoms with E-state index in [0.29, 0.717) is 24.7 Å². The minimum absolute atomic E-state index is 0.0329. The summed E-state index contributed by atoms with van der Waals surface area (Å²) in [5.41, 5.74) is 6.82. The molecule has 0 aliphatic rings. The molecule has 160 valence electrons. The van der Waals surface area contributed by atoms with Crippen molar-refractivity contribution in [2.75, 3.05) is 36.6 Å². The van der Waals surface area contributed by atoms with Crippen LogP contribution in [0.1, 0.15) is 32.2 Å². The highest BCUT2D eigenvalue weighted by Gasteiger charge is 2.19. The molecule has 11 nitrogen and oxygen atoms in total. The highest BCUT2D eigenvalue weighted by Crippen LogP contribution is 2.26. The van der Waals surface area contributed by atoms with Crippen LogP contribution in [0.4, 0.5) is 16.3 Å². The Morgan fingerprint density at radius 1 is 1.17 bits per heavy atom. The van der Waals surface area contributed by atoms with Gasteiger partial charge in [-0.15, -0.1) is 10.2 Å². The molecule has 0 radical (unpaired) electrons. The molecule has 0 atom stereocenters. The molecule has 0 spiro atoms. The van der Waals surface area contributed by atoms with Crippen molar-refractivity contribution in [3.63, 3.8) is 0 Å². The van der Waals surface area contributed by atoms with E-state index in [1.165, 1.54) is 0 Å². The standard InChI is InChI=1S/C18H29N7O4/c1-12-16(24(8-10-26)9-11-27)13(2)25(23-12)15-7-6-14(19-21-15)20-22-17(28)29-18(3,4)5/h6-7,26-27H,8-11H2,1-5H3,(H,19,20)(H,22,28). The highest BCUT2D eigenvalue weighted by atomic mass is 16.6. The zero-order chi connectivity index (χ0) is 21.6. The summed E-state index contributed by atoms with van der Waals surface area (Å²) in [5.74, 6) is 0.830. The molecule has 0 bridgehead atoms. The molecule has 4 N–H and O–H groups in total. The number of aliphatic hydroxyl groups excluding tert-OH is 2. The lowest BCUT2D eigenvalue weighted by atomic mass is 10.2. The van der Waals surface area contributed by atoms with Crippen LogP contribution in [0, 0.1) is 13.8 Å². The van der Waals surface area contributed by atoms with E-state index in [0.717, 1.165) is 17.1 Å². The number of hydrazine groups is 1. The first kappa shape index (κ1) is 22.4. The van der Waals surface area contributed by atoms with Gasteiger partial charge in [0.25, 0.3) is 0 Å².